The predicted molar refractivity (Wildman–Crippen MR) is 390 cm³/mol. The van der Waals surface area contributed by atoms with Crippen LogP contribution >= 0.6 is 0 Å². The van der Waals surface area contributed by atoms with Gasteiger partial charge in [-0.2, -0.15) is 0 Å². The maximum absolute atomic E-state index is 4.56. The Hall–Kier alpha value is -11.8. The van der Waals surface area contributed by atoms with Gasteiger partial charge in [-0.05, 0) is 185 Å². The summed E-state index contributed by atoms with van der Waals surface area (Å²) in [5.74, 6) is 0. The van der Waals surface area contributed by atoms with Crippen LogP contribution in [0.15, 0.2) is 365 Å². The molecule has 2 nitrogen and oxygen atoms in total. The van der Waals surface area contributed by atoms with E-state index in [1.165, 1.54) is 77.2 Å². The summed E-state index contributed by atoms with van der Waals surface area (Å²) in [5.41, 5.74) is 27.2. The Morgan fingerprint density at radius 3 is 1.61 bits per heavy atom. The van der Waals surface area contributed by atoms with E-state index in [4.69, 9.17) is 0 Å². The van der Waals surface area contributed by atoms with E-state index in [1.54, 1.807) is 0 Å². The summed E-state index contributed by atoms with van der Waals surface area (Å²) in [6.07, 6.45) is 6.54. The Morgan fingerprint density at radius 2 is 0.891 bits per heavy atom. The van der Waals surface area contributed by atoms with E-state index in [2.05, 4.69) is 381 Å². The second-order valence-electron chi connectivity index (χ2n) is 24.0. The van der Waals surface area contributed by atoms with Gasteiger partial charge in [0, 0.05) is 33.2 Å². The number of rotatable bonds is 14. The van der Waals surface area contributed by atoms with E-state index in [9.17, 15) is 0 Å². The fourth-order valence-electron chi connectivity index (χ4n) is 14.5. The molecule has 0 saturated heterocycles. The number of hydrogen-bond acceptors (Lipinski definition) is 1. The van der Waals surface area contributed by atoms with Gasteiger partial charge >= 0.3 is 0 Å². The average Bonchev–Trinajstić information content (AvgIpc) is 1.53. The second-order valence-corrected chi connectivity index (χ2v) is 24.0. The lowest BCUT2D eigenvalue weighted by Gasteiger charge is -2.35. The van der Waals surface area contributed by atoms with Crippen molar-refractivity contribution in [1.29, 1.82) is 0 Å². The maximum atomic E-state index is 4.56. The molecule has 434 valence electrons. The highest BCUT2D eigenvalue weighted by Gasteiger charge is 2.46. The summed E-state index contributed by atoms with van der Waals surface area (Å²) < 4.78 is 2.45. The van der Waals surface area contributed by atoms with Gasteiger partial charge in [0.2, 0.25) is 0 Å². The Bertz CT molecular complexity index is 5280. The van der Waals surface area contributed by atoms with Crippen molar-refractivity contribution in [3.63, 3.8) is 0 Å². The lowest BCUT2D eigenvalue weighted by molar-refractivity contribution is 0.768. The molecular weight excluding hydrogens is 1110 g/mol. The topological polar surface area (TPSA) is 8.17 Å². The number of allylic oxidation sites excluding steroid dienone is 5. The first-order valence-electron chi connectivity index (χ1n) is 31.8. The fourth-order valence-corrected chi connectivity index (χ4v) is 14.5. The van der Waals surface area contributed by atoms with Gasteiger partial charge in [-0.3, -0.25) is 0 Å². The predicted octanol–water partition coefficient (Wildman–Crippen LogP) is 24.1. The largest absolute Gasteiger partial charge is 0.310 e. The fraction of sp³-hybridized carbons (Fsp3) is 0.0222. The molecule has 16 rings (SSSR count). The molecule has 0 fully saturated rings. The molecule has 0 unspecified atom stereocenters. The minimum absolute atomic E-state index is 0.543. The van der Waals surface area contributed by atoms with Crippen molar-refractivity contribution in [3.05, 3.63) is 398 Å². The highest BCUT2D eigenvalue weighted by Crippen LogP contribution is 2.57. The van der Waals surface area contributed by atoms with Crippen LogP contribution in [0.25, 0.3) is 105 Å². The zero-order chi connectivity index (χ0) is 61.5. The van der Waals surface area contributed by atoms with Crippen LogP contribution in [0.5, 0.6) is 0 Å². The Morgan fingerprint density at radius 1 is 0.359 bits per heavy atom. The summed E-state index contributed by atoms with van der Waals surface area (Å²) in [5, 5.41) is 4.76. The summed E-state index contributed by atoms with van der Waals surface area (Å²) in [7, 11) is 0. The molecule has 0 bridgehead atoms. The maximum Gasteiger partial charge on any atom is 0.0714 e. The second kappa shape index (κ2) is 23.6. The van der Waals surface area contributed by atoms with Crippen LogP contribution < -0.4 is 4.90 Å². The lowest BCUT2D eigenvalue weighted by atomic mass is 9.67. The third kappa shape index (κ3) is 9.69. The first kappa shape index (κ1) is 55.5. The highest BCUT2D eigenvalue weighted by molar-refractivity contribution is 6.11. The molecule has 0 aliphatic heterocycles. The zero-order valence-electron chi connectivity index (χ0n) is 51.2. The van der Waals surface area contributed by atoms with E-state index in [0.29, 0.717) is 0 Å². The summed E-state index contributed by atoms with van der Waals surface area (Å²) in [6, 6.07) is 125. The molecular formula is C90H64N2. The molecule has 2 heteroatoms. The van der Waals surface area contributed by atoms with Crippen molar-refractivity contribution < 1.29 is 0 Å². The van der Waals surface area contributed by atoms with E-state index < -0.39 is 5.41 Å². The van der Waals surface area contributed by atoms with Crippen LogP contribution in [-0.4, -0.2) is 4.57 Å². The van der Waals surface area contributed by atoms with Crippen molar-refractivity contribution in [1.82, 2.24) is 4.57 Å². The van der Waals surface area contributed by atoms with Gasteiger partial charge < -0.3 is 9.47 Å². The van der Waals surface area contributed by atoms with Crippen LogP contribution in [-0.2, 0) is 5.41 Å². The standard InChI is InChI=1S/C90H64N2/c1-3-25-69(56-62(2)63-26-8-4-9-27-63)72-57-71(66-46-44-65(45-47-66)64-28-10-5-11-29-64)58-77(59-72)92-88-42-23-21-40-83(88)84-60-70(50-55-89(84)92)79-37-19-18-36-78(79)68-48-51-75(52-49-68)91(87-43-24-31-67-30-16-17-38-80(67)87)76-53-54-82-81-39-20-22-41-85(81)90(86(82)61-76,73-32-12-6-13-33-73)74-34-14-7-15-35-74/h3-61H,2H2,1H3/b25-3-,69-56+. The van der Waals surface area contributed by atoms with E-state index in [1.807, 2.05) is 0 Å². The number of para-hydroxylation sites is 1. The van der Waals surface area contributed by atoms with Gasteiger partial charge in [-0.1, -0.05) is 292 Å². The van der Waals surface area contributed by atoms with Crippen molar-refractivity contribution in [2.45, 2.75) is 12.3 Å². The van der Waals surface area contributed by atoms with Crippen molar-refractivity contribution in [2.75, 3.05) is 4.90 Å². The van der Waals surface area contributed by atoms with Gasteiger partial charge in [0.05, 0.1) is 22.1 Å². The molecule has 0 amide bonds. The molecule has 0 radical (unpaired) electrons. The molecule has 15 aromatic rings. The van der Waals surface area contributed by atoms with Crippen molar-refractivity contribution >= 4 is 60.8 Å². The normalized spacial score (nSPS) is 12.6. The van der Waals surface area contributed by atoms with Crippen molar-refractivity contribution in [3.8, 4) is 61.3 Å². The third-order valence-corrected chi connectivity index (χ3v) is 18.7. The average molecular weight is 1170 g/mol. The number of aromatic nitrogens is 1. The molecule has 14 aromatic carbocycles. The van der Waals surface area contributed by atoms with Gasteiger partial charge in [-0.25, -0.2) is 0 Å². The van der Waals surface area contributed by atoms with Gasteiger partial charge in [0.25, 0.3) is 0 Å². The summed E-state index contributed by atoms with van der Waals surface area (Å²) in [6.45, 7) is 6.65. The molecule has 0 N–H and O–H groups in total. The molecule has 1 aliphatic rings. The molecule has 1 heterocycles. The third-order valence-electron chi connectivity index (χ3n) is 18.7. The highest BCUT2D eigenvalue weighted by atomic mass is 15.1. The Labute approximate surface area is 538 Å². The molecule has 0 atom stereocenters. The Kier molecular flexibility index (Phi) is 14.2. The van der Waals surface area contributed by atoms with Crippen LogP contribution in [0.1, 0.15) is 40.3 Å². The first-order chi connectivity index (χ1) is 45.5. The molecule has 0 spiro atoms. The Balaban J connectivity index is 0.811. The number of nitrogens with zero attached hydrogens (tertiary/aromatic N) is 2. The van der Waals surface area contributed by atoms with Crippen molar-refractivity contribution in [2.24, 2.45) is 0 Å². The lowest BCUT2D eigenvalue weighted by Crippen LogP contribution is -2.28. The van der Waals surface area contributed by atoms with Crippen LogP contribution in [0.4, 0.5) is 17.1 Å². The van der Waals surface area contributed by atoms with Crippen LogP contribution in [0.2, 0.25) is 0 Å². The van der Waals surface area contributed by atoms with Gasteiger partial charge in [0.1, 0.15) is 0 Å². The number of anilines is 3. The number of fused-ring (bicyclic) bond motifs is 7. The summed E-state index contributed by atoms with van der Waals surface area (Å²) >= 11 is 0. The molecule has 1 aromatic heterocycles. The minimum Gasteiger partial charge on any atom is -0.310 e. The van der Waals surface area contributed by atoms with E-state index in [0.717, 1.165) is 78.3 Å². The van der Waals surface area contributed by atoms with E-state index in [-0.39, 0.29) is 0 Å². The number of hydrogen-bond donors (Lipinski definition) is 0. The SMILES string of the molecule is C=C(/C=C(\C=C/C)c1cc(-c2ccc(-c3ccccc3)cc2)cc(-n2c3ccccc3c3cc(-c4ccccc4-c4ccc(N(c5ccc6c(c5)C(c5ccccc5)(c5ccccc5)c5ccccc5-6)c5cccc6ccccc56)cc4)ccc32)c1)c1ccccc1. The van der Waals surface area contributed by atoms with Crippen LogP contribution in [0, 0.1) is 0 Å². The summed E-state index contributed by atoms with van der Waals surface area (Å²) in [4.78, 5) is 2.46. The molecule has 1 aliphatic carbocycles. The number of benzene rings is 14. The molecule has 0 saturated carbocycles. The monoisotopic (exact) mass is 1170 g/mol. The quantitative estimate of drug-likeness (QED) is 0.0985. The van der Waals surface area contributed by atoms with Gasteiger partial charge in [-0.15, -0.1) is 0 Å². The van der Waals surface area contributed by atoms with Crippen LogP contribution in [0.3, 0.4) is 0 Å². The smallest absolute Gasteiger partial charge is 0.0714 e. The first-order valence-corrected chi connectivity index (χ1v) is 31.8. The molecule has 92 heavy (non-hydrogen) atoms. The van der Waals surface area contributed by atoms with Gasteiger partial charge in [0.15, 0.2) is 0 Å². The minimum atomic E-state index is -0.543. The van der Waals surface area contributed by atoms with E-state index >= 15 is 0 Å². The zero-order valence-corrected chi connectivity index (χ0v) is 51.2.